The Labute approximate surface area is 269 Å². The molecule has 0 amide bonds. The molecule has 3 aliphatic heterocycles. The third-order valence-electron chi connectivity index (χ3n) is 11.1. The monoisotopic (exact) mass is 593 g/mol. The molecule has 46 heavy (non-hydrogen) atoms. The molecule has 0 fully saturated rings. The molecule has 3 nitrogen and oxygen atoms in total. The van der Waals surface area contributed by atoms with Crippen LogP contribution < -0.4 is 9.80 Å². The zero-order chi connectivity index (χ0) is 30.9. The van der Waals surface area contributed by atoms with Crippen LogP contribution in [0.25, 0.3) is 32.9 Å². The molecule has 0 saturated carbocycles. The number of anilines is 4. The molecule has 222 valence electrons. The highest BCUT2D eigenvalue weighted by Gasteiger charge is 2.53. The predicted molar refractivity (Wildman–Crippen MR) is 192 cm³/mol. The standard InChI is InChI=1S/C43H35N3/c1-42(2)31-17-9-12-20-36(31)45-39-33(42)25-29(27-22-23-35-30(24-27)28-16-8-11-19-34(28)44-35)38-40(39)46(41(45)26-14-6-5-7-15-26)37-21-13-10-18-32(37)43(38,3)4/h5-25,41,44H,1-4H3. The van der Waals surface area contributed by atoms with Gasteiger partial charge in [0, 0.05) is 44.0 Å². The quantitative estimate of drug-likeness (QED) is 0.215. The molecule has 1 N–H and O–H groups in total. The van der Waals surface area contributed by atoms with Crippen LogP contribution in [0.1, 0.15) is 61.7 Å². The number of aromatic nitrogens is 1. The molecule has 1 aromatic heterocycles. The number of H-pyrrole nitrogens is 1. The van der Waals surface area contributed by atoms with Crippen LogP contribution >= 0.6 is 0 Å². The molecule has 0 aliphatic carbocycles. The van der Waals surface area contributed by atoms with Crippen LogP contribution in [0.2, 0.25) is 0 Å². The highest BCUT2D eigenvalue weighted by atomic mass is 15.4. The van der Waals surface area contributed by atoms with Crippen LogP contribution in [-0.2, 0) is 10.8 Å². The maximum atomic E-state index is 3.65. The van der Waals surface area contributed by atoms with Crippen molar-refractivity contribution in [2.24, 2.45) is 0 Å². The van der Waals surface area contributed by atoms with Gasteiger partial charge < -0.3 is 14.8 Å². The van der Waals surface area contributed by atoms with E-state index in [4.69, 9.17) is 0 Å². The number of hydrogen-bond acceptors (Lipinski definition) is 2. The Kier molecular flexibility index (Phi) is 4.92. The van der Waals surface area contributed by atoms with Gasteiger partial charge in [-0.3, -0.25) is 0 Å². The smallest absolute Gasteiger partial charge is 0.137 e. The first-order chi connectivity index (χ1) is 22.4. The van der Waals surface area contributed by atoms with Gasteiger partial charge in [-0.15, -0.1) is 0 Å². The average molecular weight is 594 g/mol. The Bertz CT molecular complexity index is 2390. The molecule has 10 rings (SSSR count). The van der Waals surface area contributed by atoms with Gasteiger partial charge in [-0.25, -0.2) is 0 Å². The van der Waals surface area contributed by atoms with Crippen molar-refractivity contribution in [3.8, 4) is 11.1 Å². The fourth-order valence-electron chi connectivity index (χ4n) is 8.98. The van der Waals surface area contributed by atoms with Crippen LogP contribution in [0.15, 0.2) is 127 Å². The molecule has 0 spiro atoms. The van der Waals surface area contributed by atoms with Gasteiger partial charge in [-0.2, -0.15) is 0 Å². The number of fused-ring (bicyclic) bond motifs is 7. The summed E-state index contributed by atoms with van der Waals surface area (Å²) in [5, 5.41) is 2.54. The second-order valence-electron chi connectivity index (χ2n) is 14.3. The summed E-state index contributed by atoms with van der Waals surface area (Å²) in [4.78, 5) is 8.96. The van der Waals surface area contributed by atoms with Crippen molar-refractivity contribution in [3.63, 3.8) is 0 Å². The number of nitrogens with one attached hydrogen (secondary N) is 1. The van der Waals surface area contributed by atoms with Crippen molar-refractivity contribution in [2.75, 3.05) is 9.80 Å². The zero-order valence-electron chi connectivity index (χ0n) is 26.6. The molecule has 7 aromatic rings. The zero-order valence-corrected chi connectivity index (χ0v) is 26.6. The summed E-state index contributed by atoms with van der Waals surface area (Å²) in [5.74, 6) is 0. The van der Waals surface area contributed by atoms with E-state index in [1.807, 2.05) is 0 Å². The van der Waals surface area contributed by atoms with E-state index in [-0.39, 0.29) is 17.0 Å². The lowest BCUT2D eigenvalue weighted by molar-refractivity contribution is 0.613. The first-order valence-electron chi connectivity index (χ1n) is 16.4. The third kappa shape index (κ3) is 3.13. The van der Waals surface area contributed by atoms with Crippen molar-refractivity contribution >= 4 is 44.6 Å². The molecule has 0 radical (unpaired) electrons. The summed E-state index contributed by atoms with van der Waals surface area (Å²) in [6, 6.07) is 47.5. The number of nitrogens with zero attached hydrogens (tertiary/aromatic N) is 2. The van der Waals surface area contributed by atoms with E-state index in [0.717, 1.165) is 0 Å². The Morgan fingerprint density at radius 1 is 0.522 bits per heavy atom. The molecule has 0 saturated heterocycles. The molecule has 4 heterocycles. The van der Waals surface area contributed by atoms with E-state index in [2.05, 4.69) is 170 Å². The molecular weight excluding hydrogens is 558 g/mol. The Hall–Kier alpha value is -5.28. The third-order valence-corrected chi connectivity index (χ3v) is 11.1. The highest BCUT2D eigenvalue weighted by Crippen LogP contribution is 2.68. The van der Waals surface area contributed by atoms with Crippen molar-refractivity contribution in [2.45, 2.75) is 44.7 Å². The van der Waals surface area contributed by atoms with Crippen molar-refractivity contribution in [1.29, 1.82) is 0 Å². The number of aromatic amines is 1. The lowest BCUT2D eigenvalue weighted by Gasteiger charge is -2.43. The van der Waals surface area contributed by atoms with E-state index < -0.39 is 0 Å². The Morgan fingerprint density at radius 3 is 1.89 bits per heavy atom. The first kappa shape index (κ1) is 26.0. The van der Waals surface area contributed by atoms with E-state index in [1.165, 1.54) is 83.5 Å². The summed E-state index contributed by atoms with van der Waals surface area (Å²) in [6.45, 7) is 9.68. The van der Waals surface area contributed by atoms with Gasteiger partial charge in [0.2, 0.25) is 0 Å². The summed E-state index contributed by atoms with van der Waals surface area (Å²) >= 11 is 0. The van der Waals surface area contributed by atoms with Gasteiger partial charge in [-0.05, 0) is 75.3 Å². The lowest BCUT2D eigenvalue weighted by atomic mass is 9.67. The first-order valence-corrected chi connectivity index (χ1v) is 16.4. The largest absolute Gasteiger partial charge is 0.355 e. The second kappa shape index (κ2) is 8.70. The average Bonchev–Trinajstić information content (AvgIpc) is 3.63. The SMILES string of the molecule is CC1(C)c2ccccc2N2c3c1cc(-c1ccc4[nH]c5ccccc5c4c1)c1c3N(c3ccccc3C1(C)C)C2c1ccccc1. The Balaban J connectivity index is 1.37. The van der Waals surface area contributed by atoms with Gasteiger partial charge in [0.15, 0.2) is 0 Å². The van der Waals surface area contributed by atoms with Crippen LogP contribution in [0.3, 0.4) is 0 Å². The summed E-state index contributed by atoms with van der Waals surface area (Å²) in [7, 11) is 0. The van der Waals surface area contributed by atoms with Crippen molar-refractivity contribution in [1.82, 2.24) is 4.98 Å². The summed E-state index contributed by atoms with van der Waals surface area (Å²) in [6.07, 6.45) is -0.00505. The Morgan fingerprint density at radius 2 is 1.13 bits per heavy atom. The number of hydrogen-bond donors (Lipinski definition) is 1. The van der Waals surface area contributed by atoms with Crippen LogP contribution in [0.4, 0.5) is 22.7 Å². The van der Waals surface area contributed by atoms with Gasteiger partial charge >= 0.3 is 0 Å². The minimum atomic E-state index is -0.222. The van der Waals surface area contributed by atoms with Gasteiger partial charge in [0.1, 0.15) is 6.17 Å². The molecule has 6 aromatic carbocycles. The van der Waals surface area contributed by atoms with Crippen molar-refractivity contribution < 1.29 is 0 Å². The predicted octanol–water partition coefficient (Wildman–Crippen LogP) is 11.3. The molecule has 0 bridgehead atoms. The number of benzene rings is 6. The number of para-hydroxylation sites is 3. The van der Waals surface area contributed by atoms with Crippen molar-refractivity contribution in [3.05, 3.63) is 155 Å². The van der Waals surface area contributed by atoms with Crippen LogP contribution in [0, 0.1) is 0 Å². The fraction of sp³-hybridized carbons (Fsp3) is 0.163. The van der Waals surface area contributed by atoms with Gasteiger partial charge in [-0.1, -0.05) is 119 Å². The van der Waals surface area contributed by atoms with E-state index >= 15 is 0 Å². The van der Waals surface area contributed by atoms with E-state index in [0.29, 0.717) is 0 Å². The maximum absolute atomic E-state index is 3.65. The number of rotatable bonds is 2. The van der Waals surface area contributed by atoms with Crippen LogP contribution in [-0.4, -0.2) is 4.98 Å². The fourth-order valence-corrected chi connectivity index (χ4v) is 8.98. The molecular formula is C43H35N3. The lowest BCUT2D eigenvalue weighted by Crippen LogP contribution is -2.37. The minimum Gasteiger partial charge on any atom is -0.355 e. The minimum absolute atomic E-state index is 0.00505. The van der Waals surface area contributed by atoms with Gasteiger partial charge in [0.25, 0.3) is 0 Å². The van der Waals surface area contributed by atoms with Gasteiger partial charge in [0.05, 0.1) is 11.4 Å². The summed E-state index contributed by atoms with van der Waals surface area (Å²) < 4.78 is 0. The molecule has 3 heteroatoms. The highest BCUT2D eigenvalue weighted by molar-refractivity contribution is 6.09. The van der Waals surface area contributed by atoms with E-state index in [1.54, 1.807) is 0 Å². The second-order valence-corrected chi connectivity index (χ2v) is 14.3. The molecule has 1 unspecified atom stereocenters. The molecule has 3 aliphatic rings. The topological polar surface area (TPSA) is 22.3 Å². The normalized spacial score (nSPS) is 18.0. The molecule has 1 atom stereocenters. The maximum Gasteiger partial charge on any atom is 0.137 e. The summed E-state index contributed by atoms with van der Waals surface area (Å²) in [5.41, 5.74) is 16.7. The van der Waals surface area contributed by atoms with E-state index in [9.17, 15) is 0 Å². The van der Waals surface area contributed by atoms with Crippen LogP contribution in [0.5, 0.6) is 0 Å².